The van der Waals surface area contributed by atoms with Crippen LogP contribution in [0.4, 0.5) is 0 Å². The lowest BCUT2D eigenvalue weighted by Gasteiger charge is -2.57. The Morgan fingerprint density at radius 1 is 0.475 bits per heavy atom. The molecule has 0 spiro atoms. The quantitative estimate of drug-likeness (QED) is 0.389. The Balaban J connectivity index is 0.929. The standard InChI is InChI=1S/C34H42N2O4/c37-29-25-23-1-2-24(27(25)31(39)35(29)15-33-9-17-3-18(10-33)5-19(4-17)11-33)28-26(23)30(38)36(32(28)40)16-34-12-20-6-21(13-34)8-22(7-20)14-34/h1-2,17-28H,3-16H2/t17?,18?,19?,20?,21?,22?,23?,24?,25-,26-,27-,28+,33?,34?/m1/s1. The third-order valence-corrected chi connectivity index (χ3v) is 14.5. The summed E-state index contributed by atoms with van der Waals surface area (Å²) in [7, 11) is 0. The van der Waals surface area contributed by atoms with Crippen molar-refractivity contribution in [2.24, 2.45) is 81.8 Å². The monoisotopic (exact) mass is 542 g/mol. The van der Waals surface area contributed by atoms with E-state index in [0.717, 1.165) is 35.5 Å². The molecule has 212 valence electrons. The van der Waals surface area contributed by atoms with Gasteiger partial charge in [-0.3, -0.25) is 29.0 Å². The fourth-order valence-corrected chi connectivity index (χ4v) is 14.3. The zero-order valence-electron chi connectivity index (χ0n) is 23.5. The average Bonchev–Trinajstić information content (AvgIpc) is 3.30. The highest BCUT2D eigenvalue weighted by Crippen LogP contribution is 2.64. The van der Waals surface area contributed by atoms with E-state index < -0.39 is 23.7 Å². The minimum Gasteiger partial charge on any atom is -0.282 e. The first-order chi connectivity index (χ1) is 19.3. The molecule has 13 aliphatic rings. The minimum absolute atomic E-state index is 0.0386. The van der Waals surface area contributed by atoms with Gasteiger partial charge in [-0.2, -0.15) is 0 Å². The first-order valence-electron chi connectivity index (χ1n) is 16.7. The Hall–Kier alpha value is -1.98. The molecule has 11 aliphatic carbocycles. The van der Waals surface area contributed by atoms with Crippen molar-refractivity contribution in [1.29, 1.82) is 0 Å². The number of hydrogen-bond donors (Lipinski definition) is 0. The van der Waals surface area contributed by atoms with Gasteiger partial charge in [0.15, 0.2) is 0 Å². The molecule has 9 saturated carbocycles. The number of allylic oxidation sites excluding steroid dienone is 2. The normalized spacial score (nSPS) is 56.2. The van der Waals surface area contributed by atoms with E-state index in [0.29, 0.717) is 13.1 Å². The number of amides is 4. The maximum absolute atomic E-state index is 14.1. The van der Waals surface area contributed by atoms with Crippen molar-refractivity contribution in [2.45, 2.75) is 77.0 Å². The molecule has 6 heteroatoms. The van der Waals surface area contributed by atoms with Gasteiger partial charge in [0.05, 0.1) is 23.7 Å². The van der Waals surface area contributed by atoms with Crippen LogP contribution < -0.4 is 0 Å². The second-order valence-corrected chi connectivity index (χ2v) is 17.0. The molecule has 4 amide bonds. The van der Waals surface area contributed by atoms with E-state index in [1.165, 1.54) is 77.0 Å². The first-order valence-corrected chi connectivity index (χ1v) is 16.7. The van der Waals surface area contributed by atoms with Crippen LogP contribution in [0.15, 0.2) is 12.2 Å². The zero-order chi connectivity index (χ0) is 26.7. The van der Waals surface area contributed by atoms with Gasteiger partial charge in [-0.05, 0) is 123 Å². The lowest BCUT2D eigenvalue weighted by molar-refractivity contribution is -0.146. The predicted molar refractivity (Wildman–Crippen MR) is 145 cm³/mol. The molecule has 10 bridgehead atoms. The van der Waals surface area contributed by atoms with E-state index in [2.05, 4.69) is 0 Å². The third kappa shape index (κ3) is 2.92. The number of rotatable bonds is 4. The SMILES string of the molecule is O=C1[C@@H]2C3C=CC([C@H]2C(=O)N1CC12CC4CC(CC(C4)C1)C2)[C@@H]1C(=O)N(CC24CC5CC(CC(C5)C2)C4)C(=O)[C@H]31. The van der Waals surface area contributed by atoms with Gasteiger partial charge < -0.3 is 0 Å². The smallest absolute Gasteiger partial charge is 0.233 e. The van der Waals surface area contributed by atoms with Gasteiger partial charge in [0.2, 0.25) is 23.6 Å². The van der Waals surface area contributed by atoms with Crippen LogP contribution in [0.25, 0.3) is 0 Å². The highest BCUT2D eigenvalue weighted by atomic mass is 16.2. The lowest BCUT2D eigenvalue weighted by atomic mass is 9.49. The van der Waals surface area contributed by atoms with E-state index in [-0.39, 0.29) is 46.3 Å². The van der Waals surface area contributed by atoms with Crippen molar-refractivity contribution in [3.8, 4) is 0 Å². The van der Waals surface area contributed by atoms with Crippen LogP contribution in [0.5, 0.6) is 0 Å². The molecule has 40 heavy (non-hydrogen) atoms. The van der Waals surface area contributed by atoms with E-state index in [1.807, 2.05) is 12.2 Å². The highest BCUT2D eigenvalue weighted by molar-refractivity contribution is 6.11. The zero-order valence-corrected chi connectivity index (χ0v) is 23.5. The summed E-state index contributed by atoms with van der Waals surface area (Å²) in [6, 6.07) is 0. The summed E-state index contributed by atoms with van der Waals surface area (Å²) in [5, 5.41) is 0. The summed E-state index contributed by atoms with van der Waals surface area (Å²) in [5.74, 6) is 2.06. The molecule has 6 atom stereocenters. The van der Waals surface area contributed by atoms with E-state index in [1.54, 1.807) is 9.80 Å². The first kappa shape index (κ1) is 23.6. The molecule has 0 aromatic rings. The fourth-order valence-electron chi connectivity index (χ4n) is 14.3. The lowest BCUT2D eigenvalue weighted by Crippen LogP contribution is -2.52. The summed E-state index contributed by atoms with van der Waals surface area (Å²) in [4.78, 5) is 59.6. The van der Waals surface area contributed by atoms with Crippen molar-refractivity contribution < 1.29 is 19.2 Å². The van der Waals surface area contributed by atoms with Crippen LogP contribution in [0.1, 0.15) is 77.0 Å². The Bertz CT molecular complexity index is 1070. The summed E-state index contributed by atoms with van der Waals surface area (Å²) < 4.78 is 0. The topological polar surface area (TPSA) is 74.8 Å². The Morgan fingerprint density at radius 3 is 0.975 bits per heavy atom. The van der Waals surface area contributed by atoms with Gasteiger partial charge in [0, 0.05) is 24.9 Å². The van der Waals surface area contributed by atoms with Gasteiger partial charge in [-0.15, -0.1) is 0 Å². The second-order valence-electron chi connectivity index (χ2n) is 17.0. The average molecular weight is 543 g/mol. The van der Waals surface area contributed by atoms with Crippen LogP contribution in [-0.2, 0) is 19.2 Å². The Labute approximate surface area is 236 Å². The van der Waals surface area contributed by atoms with Crippen LogP contribution in [0.3, 0.4) is 0 Å². The molecule has 0 radical (unpaired) electrons. The van der Waals surface area contributed by atoms with Crippen molar-refractivity contribution in [3.63, 3.8) is 0 Å². The molecule has 6 nitrogen and oxygen atoms in total. The van der Waals surface area contributed by atoms with Crippen molar-refractivity contribution >= 4 is 23.6 Å². The fraction of sp³-hybridized carbons (Fsp3) is 0.824. The maximum Gasteiger partial charge on any atom is 0.233 e. The largest absolute Gasteiger partial charge is 0.282 e. The van der Waals surface area contributed by atoms with Gasteiger partial charge in [0.1, 0.15) is 0 Å². The molecule has 2 aliphatic heterocycles. The Kier molecular flexibility index (Phi) is 4.42. The molecule has 2 unspecified atom stereocenters. The summed E-state index contributed by atoms with van der Waals surface area (Å²) in [6.07, 6.45) is 19.1. The van der Waals surface area contributed by atoms with Crippen LogP contribution >= 0.6 is 0 Å². The Morgan fingerprint density at radius 2 is 0.725 bits per heavy atom. The molecule has 0 N–H and O–H groups in total. The molecule has 13 rings (SSSR count). The highest BCUT2D eigenvalue weighted by Gasteiger charge is 2.69. The predicted octanol–water partition coefficient (Wildman–Crippen LogP) is 4.44. The number of imide groups is 2. The van der Waals surface area contributed by atoms with Crippen LogP contribution in [0, 0.1) is 81.8 Å². The summed E-state index contributed by atoms with van der Waals surface area (Å²) >= 11 is 0. The van der Waals surface area contributed by atoms with E-state index in [9.17, 15) is 19.2 Å². The van der Waals surface area contributed by atoms with Crippen molar-refractivity contribution in [1.82, 2.24) is 9.80 Å². The summed E-state index contributed by atoms with van der Waals surface area (Å²) in [6.45, 7) is 1.16. The van der Waals surface area contributed by atoms with Crippen LogP contribution in [0.2, 0.25) is 0 Å². The summed E-state index contributed by atoms with van der Waals surface area (Å²) in [5.41, 5.74) is 0.215. The van der Waals surface area contributed by atoms with Crippen LogP contribution in [-0.4, -0.2) is 46.5 Å². The minimum atomic E-state index is -0.450. The van der Waals surface area contributed by atoms with Gasteiger partial charge in [-0.25, -0.2) is 0 Å². The van der Waals surface area contributed by atoms with Gasteiger partial charge >= 0.3 is 0 Å². The molecule has 2 saturated heterocycles. The maximum atomic E-state index is 14.1. The number of carbonyl (C=O) groups excluding carboxylic acids is 4. The molecular weight excluding hydrogens is 500 g/mol. The van der Waals surface area contributed by atoms with Crippen molar-refractivity contribution in [2.75, 3.05) is 13.1 Å². The second kappa shape index (κ2) is 7.50. The molecule has 0 aromatic heterocycles. The molecular formula is C34H42N2O4. The molecule has 2 heterocycles. The number of hydrogen-bond acceptors (Lipinski definition) is 4. The number of nitrogens with zero attached hydrogens (tertiary/aromatic N) is 2. The van der Waals surface area contributed by atoms with E-state index >= 15 is 0 Å². The van der Waals surface area contributed by atoms with Gasteiger partial charge in [0.25, 0.3) is 0 Å². The molecule has 0 aromatic carbocycles. The van der Waals surface area contributed by atoms with Crippen molar-refractivity contribution in [3.05, 3.63) is 12.2 Å². The van der Waals surface area contributed by atoms with E-state index in [4.69, 9.17) is 0 Å². The number of carbonyl (C=O) groups is 4. The third-order valence-electron chi connectivity index (χ3n) is 14.5. The molecule has 11 fully saturated rings. The van der Waals surface area contributed by atoms with Gasteiger partial charge in [-0.1, -0.05) is 12.2 Å². The number of likely N-dealkylation sites (tertiary alicyclic amines) is 2.